The van der Waals surface area contributed by atoms with Gasteiger partial charge in [-0.05, 0) is 57.7 Å². The predicted molar refractivity (Wildman–Crippen MR) is 117 cm³/mol. The van der Waals surface area contributed by atoms with Crippen LogP contribution in [-0.4, -0.2) is 36.4 Å². The van der Waals surface area contributed by atoms with Crippen molar-refractivity contribution in [2.75, 3.05) is 0 Å². The van der Waals surface area contributed by atoms with Gasteiger partial charge in [0.2, 0.25) is 0 Å². The van der Waals surface area contributed by atoms with Crippen LogP contribution in [0.2, 0.25) is 0 Å². The molecular weight excluding hydrogens is 431 g/mol. The highest BCUT2D eigenvalue weighted by molar-refractivity contribution is 5.95. The molecule has 2 aliphatic rings. The van der Waals surface area contributed by atoms with Crippen molar-refractivity contribution in [1.82, 2.24) is 24.5 Å². The van der Waals surface area contributed by atoms with Gasteiger partial charge in [0.25, 0.3) is 5.91 Å². The van der Waals surface area contributed by atoms with Crippen LogP contribution in [0.5, 0.6) is 0 Å². The first kappa shape index (κ1) is 21.7. The molecule has 3 aromatic rings. The Labute approximate surface area is 190 Å². The SMILES string of the molecule is CCn1nc(C(F)(F)F)cc1-c1c2c(nn1C)[C@@H]1CCC[C@H](C2)N1C(=O)c1cccc(C)c1. The number of alkyl halides is 3. The lowest BCUT2D eigenvalue weighted by molar-refractivity contribution is -0.141. The monoisotopic (exact) mass is 457 g/mol. The molecule has 5 rings (SSSR count). The van der Waals surface area contributed by atoms with Gasteiger partial charge in [-0.25, -0.2) is 0 Å². The zero-order chi connectivity index (χ0) is 23.5. The van der Waals surface area contributed by atoms with Gasteiger partial charge in [0, 0.05) is 30.8 Å². The number of halogens is 3. The van der Waals surface area contributed by atoms with Gasteiger partial charge in [-0.15, -0.1) is 0 Å². The van der Waals surface area contributed by atoms with Crippen molar-refractivity contribution in [3.05, 3.63) is 58.4 Å². The molecule has 4 heterocycles. The average molecular weight is 458 g/mol. The van der Waals surface area contributed by atoms with E-state index in [-0.39, 0.29) is 18.0 Å². The third kappa shape index (κ3) is 3.54. The second-order valence-corrected chi connectivity index (χ2v) is 8.95. The lowest BCUT2D eigenvalue weighted by Crippen LogP contribution is -2.49. The van der Waals surface area contributed by atoms with Crippen LogP contribution < -0.4 is 0 Å². The second kappa shape index (κ2) is 7.74. The summed E-state index contributed by atoms with van der Waals surface area (Å²) in [6.45, 7) is 4.05. The molecule has 2 atom stereocenters. The van der Waals surface area contributed by atoms with Gasteiger partial charge in [-0.2, -0.15) is 23.4 Å². The van der Waals surface area contributed by atoms with E-state index in [2.05, 4.69) is 5.10 Å². The Morgan fingerprint density at radius 3 is 2.67 bits per heavy atom. The number of rotatable bonds is 3. The molecule has 1 aromatic carbocycles. The van der Waals surface area contributed by atoms with Crippen LogP contribution in [-0.2, 0) is 26.2 Å². The molecule has 2 bridgehead atoms. The van der Waals surface area contributed by atoms with Gasteiger partial charge in [-0.3, -0.25) is 14.2 Å². The Bertz CT molecular complexity index is 1230. The molecular formula is C24H26F3N5O. The van der Waals surface area contributed by atoms with Gasteiger partial charge in [0.15, 0.2) is 5.69 Å². The van der Waals surface area contributed by atoms with Crippen LogP contribution in [0.4, 0.5) is 13.2 Å². The minimum absolute atomic E-state index is 0.00713. The minimum Gasteiger partial charge on any atom is -0.327 e. The highest BCUT2D eigenvalue weighted by Gasteiger charge is 2.44. The van der Waals surface area contributed by atoms with E-state index in [1.54, 1.807) is 18.7 Å². The van der Waals surface area contributed by atoms with Crippen LogP contribution in [0.1, 0.15) is 65.1 Å². The largest absolute Gasteiger partial charge is 0.435 e. The fourth-order valence-electron chi connectivity index (χ4n) is 5.38. The molecule has 0 N–H and O–H groups in total. The Balaban J connectivity index is 1.59. The standard InChI is InChI=1S/C24H26F3N5O/c1-4-31-19(13-20(28-31)24(25,26)27)22-17-12-16-9-6-10-18(21(17)29-30(22)3)32(16)23(33)15-8-5-7-14(2)11-15/h5,7-8,11,13,16,18H,4,6,9-10,12H2,1-3H3/t16-,18+/m1/s1. The van der Waals surface area contributed by atoms with Gasteiger partial charge in [0.1, 0.15) is 0 Å². The Morgan fingerprint density at radius 1 is 1.18 bits per heavy atom. The Hall–Kier alpha value is -3.10. The number of carbonyl (C=O) groups is 1. The molecule has 33 heavy (non-hydrogen) atoms. The van der Waals surface area contributed by atoms with Gasteiger partial charge >= 0.3 is 6.18 Å². The first-order valence-electron chi connectivity index (χ1n) is 11.3. The molecule has 0 unspecified atom stereocenters. The molecule has 0 spiro atoms. The van der Waals surface area contributed by atoms with Crippen molar-refractivity contribution >= 4 is 5.91 Å². The van der Waals surface area contributed by atoms with Crippen molar-refractivity contribution in [2.24, 2.45) is 7.05 Å². The Morgan fingerprint density at radius 2 is 1.97 bits per heavy atom. The lowest BCUT2D eigenvalue weighted by atomic mass is 9.81. The topological polar surface area (TPSA) is 56.0 Å². The maximum Gasteiger partial charge on any atom is 0.435 e. The molecule has 1 saturated heterocycles. The third-order valence-electron chi connectivity index (χ3n) is 6.79. The van der Waals surface area contributed by atoms with Crippen molar-refractivity contribution in [1.29, 1.82) is 0 Å². The zero-order valence-corrected chi connectivity index (χ0v) is 18.9. The van der Waals surface area contributed by atoms with Crippen LogP contribution in [0, 0.1) is 6.92 Å². The second-order valence-electron chi connectivity index (χ2n) is 8.95. The zero-order valence-electron chi connectivity index (χ0n) is 18.9. The van der Waals surface area contributed by atoms with Crippen LogP contribution in [0.3, 0.4) is 0 Å². The van der Waals surface area contributed by atoms with E-state index in [4.69, 9.17) is 5.10 Å². The molecule has 6 nitrogen and oxygen atoms in total. The van der Waals surface area contributed by atoms with Crippen LogP contribution in [0.15, 0.2) is 30.3 Å². The smallest absolute Gasteiger partial charge is 0.327 e. The number of aryl methyl sites for hydroxylation is 3. The van der Waals surface area contributed by atoms with E-state index >= 15 is 0 Å². The molecule has 2 aromatic heterocycles. The van der Waals surface area contributed by atoms with E-state index in [1.165, 1.54) is 4.68 Å². The van der Waals surface area contributed by atoms with Crippen LogP contribution in [0.25, 0.3) is 11.4 Å². The summed E-state index contributed by atoms with van der Waals surface area (Å²) in [7, 11) is 1.75. The van der Waals surface area contributed by atoms with Gasteiger partial charge in [-0.1, -0.05) is 17.7 Å². The molecule has 9 heteroatoms. The van der Waals surface area contributed by atoms with Crippen molar-refractivity contribution < 1.29 is 18.0 Å². The molecule has 0 aliphatic carbocycles. The average Bonchev–Trinajstić information content (AvgIpc) is 3.33. The maximum atomic E-state index is 13.5. The number of piperidine rings is 1. The van der Waals surface area contributed by atoms with E-state index < -0.39 is 11.9 Å². The number of benzene rings is 1. The van der Waals surface area contributed by atoms with E-state index in [9.17, 15) is 18.0 Å². The number of fused-ring (bicyclic) bond motifs is 4. The quantitative estimate of drug-likeness (QED) is 0.561. The van der Waals surface area contributed by atoms with Crippen LogP contribution >= 0.6 is 0 Å². The summed E-state index contributed by atoms with van der Waals surface area (Å²) < 4.78 is 43.2. The number of aromatic nitrogens is 4. The fourth-order valence-corrected chi connectivity index (χ4v) is 5.38. The van der Waals surface area contributed by atoms with Crippen molar-refractivity contribution in [3.63, 3.8) is 0 Å². The summed E-state index contributed by atoms with van der Waals surface area (Å²) in [5.41, 5.74) is 3.58. The first-order chi connectivity index (χ1) is 15.7. The molecule has 2 aliphatic heterocycles. The fraction of sp³-hybridized carbons (Fsp3) is 0.458. The summed E-state index contributed by atoms with van der Waals surface area (Å²) in [4.78, 5) is 15.5. The molecule has 1 amide bonds. The predicted octanol–water partition coefficient (Wildman–Crippen LogP) is 4.92. The number of hydrogen-bond acceptors (Lipinski definition) is 3. The highest BCUT2D eigenvalue weighted by Crippen LogP contribution is 2.45. The van der Waals surface area contributed by atoms with Crippen molar-refractivity contribution in [3.8, 4) is 11.4 Å². The summed E-state index contributed by atoms with van der Waals surface area (Å²) >= 11 is 0. The molecule has 0 saturated carbocycles. The third-order valence-corrected chi connectivity index (χ3v) is 6.79. The normalized spacial score (nSPS) is 20.1. The maximum absolute atomic E-state index is 13.5. The van der Waals surface area contributed by atoms with Gasteiger partial charge < -0.3 is 4.90 Å². The van der Waals surface area contributed by atoms with E-state index in [1.807, 2.05) is 36.1 Å². The Kier molecular flexibility index (Phi) is 5.10. The molecule has 0 radical (unpaired) electrons. The first-order valence-corrected chi connectivity index (χ1v) is 11.3. The molecule has 174 valence electrons. The molecule has 1 fully saturated rings. The number of hydrogen-bond donors (Lipinski definition) is 0. The number of nitrogens with zero attached hydrogens (tertiary/aromatic N) is 5. The summed E-state index contributed by atoms with van der Waals surface area (Å²) in [5.74, 6) is -0.00999. The van der Waals surface area contributed by atoms with E-state index in [0.717, 1.165) is 42.1 Å². The van der Waals surface area contributed by atoms with Gasteiger partial charge in [0.05, 0.1) is 23.1 Å². The number of amides is 1. The summed E-state index contributed by atoms with van der Waals surface area (Å²) in [5, 5.41) is 8.53. The minimum atomic E-state index is -4.51. The summed E-state index contributed by atoms with van der Waals surface area (Å²) in [6.07, 6.45) is -1.30. The number of carbonyl (C=O) groups excluding carboxylic acids is 1. The van der Waals surface area contributed by atoms with E-state index in [0.29, 0.717) is 29.9 Å². The summed E-state index contributed by atoms with van der Waals surface area (Å²) in [6, 6.07) is 8.51. The van der Waals surface area contributed by atoms with Crippen molar-refractivity contribution in [2.45, 2.75) is 64.3 Å². The highest BCUT2D eigenvalue weighted by atomic mass is 19.4. The lowest BCUT2D eigenvalue weighted by Gasteiger charge is -2.45.